The van der Waals surface area contributed by atoms with E-state index in [9.17, 15) is 0 Å². The lowest BCUT2D eigenvalue weighted by molar-refractivity contribution is -0.730. The SMILES string of the molecule is CC(C)(C)c1cc[n+]2c(c1)N1C(=Nc3c(-c4ccccc4)cccc3-c3cccc(-c4ccccc4)c31)C1(C)CC21C. The van der Waals surface area contributed by atoms with Crippen LogP contribution in [0.4, 0.5) is 17.2 Å². The predicted octanol–water partition coefficient (Wildman–Crippen LogP) is 9.59. The molecule has 0 saturated heterocycles. The summed E-state index contributed by atoms with van der Waals surface area (Å²) in [4.78, 5) is 8.26. The van der Waals surface area contributed by atoms with Crippen molar-refractivity contribution in [1.29, 1.82) is 0 Å². The number of hydrogen-bond donors (Lipinski definition) is 0. The van der Waals surface area contributed by atoms with Crippen LogP contribution in [0.1, 0.15) is 46.6 Å². The average Bonchev–Trinajstić information content (AvgIpc) is 3.64. The second kappa shape index (κ2) is 8.51. The van der Waals surface area contributed by atoms with Crippen molar-refractivity contribution in [2.24, 2.45) is 10.4 Å². The van der Waals surface area contributed by atoms with Crippen LogP contribution >= 0.6 is 0 Å². The second-order valence-electron chi connectivity index (χ2n) is 13.6. The normalized spacial score (nSPS) is 21.6. The summed E-state index contributed by atoms with van der Waals surface area (Å²) in [5, 5.41) is 0. The summed E-state index contributed by atoms with van der Waals surface area (Å²) < 4.78 is 2.53. The fourth-order valence-electron chi connectivity index (χ4n) is 7.30. The smallest absolute Gasteiger partial charge is 0.228 e. The lowest BCUT2D eigenvalue weighted by Gasteiger charge is -2.34. The Balaban J connectivity index is 1.53. The van der Waals surface area contributed by atoms with Gasteiger partial charge in [0, 0.05) is 34.7 Å². The van der Waals surface area contributed by atoms with Crippen molar-refractivity contribution in [2.45, 2.75) is 52.0 Å². The van der Waals surface area contributed by atoms with Gasteiger partial charge in [0.2, 0.25) is 5.84 Å². The third-order valence-corrected chi connectivity index (χ3v) is 10.0. The van der Waals surface area contributed by atoms with Crippen molar-refractivity contribution in [3.8, 4) is 33.4 Å². The first-order chi connectivity index (χ1) is 20.2. The lowest BCUT2D eigenvalue weighted by Crippen LogP contribution is -2.59. The number of rotatable bonds is 2. The Morgan fingerprint density at radius 1 is 0.690 bits per heavy atom. The minimum Gasteiger partial charge on any atom is -0.228 e. The summed E-state index contributed by atoms with van der Waals surface area (Å²) in [5.74, 6) is 2.33. The molecule has 1 saturated carbocycles. The largest absolute Gasteiger partial charge is 0.288 e. The van der Waals surface area contributed by atoms with E-state index < -0.39 is 0 Å². The highest BCUT2D eigenvalue weighted by Gasteiger charge is 2.76. The molecular weight excluding hydrogens is 510 g/mol. The van der Waals surface area contributed by atoms with E-state index in [1.165, 1.54) is 50.4 Å². The van der Waals surface area contributed by atoms with Gasteiger partial charge in [-0.1, -0.05) is 112 Å². The number of nitrogens with zero attached hydrogens (tertiary/aromatic N) is 3. The fraction of sp³-hybridized carbons (Fsp3) is 0.231. The summed E-state index contributed by atoms with van der Waals surface area (Å²) in [5.41, 5.74) is 10.7. The van der Waals surface area contributed by atoms with E-state index in [1.54, 1.807) is 0 Å². The van der Waals surface area contributed by atoms with Gasteiger partial charge in [-0.05, 0) is 48.1 Å². The van der Waals surface area contributed by atoms with E-state index in [2.05, 4.69) is 159 Å². The summed E-state index contributed by atoms with van der Waals surface area (Å²) in [7, 11) is 0. The van der Waals surface area contributed by atoms with Crippen LogP contribution in [0.15, 0.2) is 120 Å². The minimum atomic E-state index is -0.111. The molecule has 1 aromatic heterocycles. The Bertz CT molecular complexity index is 1920. The Kier molecular flexibility index (Phi) is 5.11. The van der Waals surface area contributed by atoms with Gasteiger partial charge in [-0.15, -0.1) is 0 Å². The molecule has 8 rings (SSSR count). The van der Waals surface area contributed by atoms with E-state index in [1.807, 2.05) is 0 Å². The highest BCUT2D eigenvalue weighted by Crippen LogP contribution is 2.65. The van der Waals surface area contributed by atoms with Crippen LogP contribution in [0.3, 0.4) is 0 Å². The number of fused-ring (bicyclic) bond motifs is 10. The molecule has 0 bridgehead atoms. The first-order valence-electron chi connectivity index (χ1n) is 15.0. The molecule has 0 spiro atoms. The molecule has 3 heterocycles. The number of aromatic nitrogens is 1. The van der Waals surface area contributed by atoms with Crippen molar-refractivity contribution in [1.82, 2.24) is 0 Å². The minimum absolute atomic E-state index is 0.0230. The topological polar surface area (TPSA) is 19.5 Å². The zero-order valence-electron chi connectivity index (χ0n) is 25.0. The van der Waals surface area contributed by atoms with Gasteiger partial charge in [0.25, 0.3) is 5.82 Å². The third-order valence-electron chi connectivity index (χ3n) is 10.0. The molecule has 1 fully saturated rings. The average molecular weight is 547 g/mol. The first-order valence-corrected chi connectivity index (χ1v) is 15.0. The molecular formula is C39H36N3+. The summed E-state index contributed by atoms with van der Waals surface area (Å²) in [6.45, 7) is 11.7. The number of para-hydroxylation sites is 2. The molecule has 2 unspecified atom stereocenters. The van der Waals surface area contributed by atoms with Crippen LogP contribution in [-0.4, -0.2) is 5.84 Å². The number of benzene rings is 4. The van der Waals surface area contributed by atoms with Gasteiger partial charge in [-0.3, -0.25) is 0 Å². The van der Waals surface area contributed by atoms with E-state index in [0.29, 0.717) is 0 Å². The van der Waals surface area contributed by atoms with Crippen molar-refractivity contribution < 1.29 is 4.57 Å². The predicted molar refractivity (Wildman–Crippen MR) is 174 cm³/mol. The molecule has 5 aromatic rings. The van der Waals surface area contributed by atoms with Gasteiger partial charge < -0.3 is 0 Å². The van der Waals surface area contributed by atoms with Crippen LogP contribution in [-0.2, 0) is 11.0 Å². The van der Waals surface area contributed by atoms with Crippen molar-refractivity contribution in [3.63, 3.8) is 0 Å². The Labute approximate surface area is 248 Å². The highest BCUT2D eigenvalue weighted by atomic mass is 15.4. The van der Waals surface area contributed by atoms with Crippen molar-refractivity contribution in [3.05, 3.63) is 121 Å². The molecule has 4 aromatic carbocycles. The molecule has 0 N–H and O–H groups in total. The van der Waals surface area contributed by atoms with E-state index in [-0.39, 0.29) is 16.4 Å². The van der Waals surface area contributed by atoms with Crippen molar-refractivity contribution in [2.75, 3.05) is 4.90 Å². The third kappa shape index (κ3) is 3.40. The molecule has 42 heavy (non-hydrogen) atoms. The standard InChI is InChI=1S/C39H36N3/c1-37(2,3)28-22-23-41-33(24-28)42-35-30(27-16-10-7-11-17-27)19-13-21-32(35)31-20-12-18-29(26-14-8-6-9-15-26)34(31)40-36(42)38(4)25-39(38,41)5/h6-24H,25H2,1-5H3/q+1. The zero-order chi connectivity index (χ0) is 28.9. The first kappa shape index (κ1) is 25.2. The molecule has 0 amide bonds. The maximum absolute atomic E-state index is 5.75. The van der Waals surface area contributed by atoms with Crippen LogP contribution in [0, 0.1) is 5.41 Å². The molecule has 1 aliphatic carbocycles. The number of hydrogen-bond acceptors (Lipinski definition) is 2. The second-order valence-corrected chi connectivity index (χ2v) is 13.6. The lowest BCUT2D eigenvalue weighted by atomic mass is 9.86. The maximum atomic E-state index is 5.75. The van der Waals surface area contributed by atoms with E-state index in [4.69, 9.17) is 4.99 Å². The zero-order valence-corrected chi connectivity index (χ0v) is 25.0. The molecule has 3 aliphatic rings. The molecule has 206 valence electrons. The van der Waals surface area contributed by atoms with Gasteiger partial charge in [0.15, 0.2) is 0 Å². The molecule has 2 atom stereocenters. The van der Waals surface area contributed by atoms with Gasteiger partial charge in [0.1, 0.15) is 11.2 Å². The van der Waals surface area contributed by atoms with E-state index in [0.717, 1.165) is 17.9 Å². The van der Waals surface area contributed by atoms with Crippen LogP contribution in [0.5, 0.6) is 0 Å². The van der Waals surface area contributed by atoms with Gasteiger partial charge >= 0.3 is 0 Å². The van der Waals surface area contributed by atoms with Gasteiger partial charge in [-0.2, -0.15) is 4.90 Å². The Hall–Kier alpha value is -4.50. The summed E-state index contributed by atoms with van der Waals surface area (Å²) >= 11 is 0. The van der Waals surface area contributed by atoms with Crippen molar-refractivity contribution >= 4 is 23.0 Å². The molecule has 2 aliphatic heterocycles. The number of pyridine rings is 1. The Morgan fingerprint density at radius 3 is 1.95 bits per heavy atom. The monoisotopic (exact) mass is 546 g/mol. The summed E-state index contributed by atoms with van der Waals surface area (Å²) in [6, 6.07) is 39.7. The molecule has 3 nitrogen and oxygen atoms in total. The quantitative estimate of drug-likeness (QED) is 0.202. The molecule has 0 radical (unpaired) electrons. The highest BCUT2D eigenvalue weighted by molar-refractivity contribution is 6.18. The molecule has 3 heteroatoms. The van der Waals surface area contributed by atoms with Crippen LogP contribution in [0.25, 0.3) is 33.4 Å². The number of aliphatic imine (C=N–C) groups is 1. The maximum Gasteiger partial charge on any atom is 0.288 e. The fourth-order valence-corrected chi connectivity index (χ4v) is 7.30. The summed E-state index contributed by atoms with van der Waals surface area (Å²) in [6.07, 6.45) is 3.38. The van der Waals surface area contributed by atoms with Gasteiger partial charge in [0.05, 0.1) is 17.3 Å². The number of amidine groups is 1. The van der Waals surface area contributed by atoms with Crippen LogP contribution in [0.2, 0.25) is 0 Å². The Morgan fingerprint density at radius 2 is 1.29 bits per heavy atom. The van der Waals surface area contributed by atoms with Crippen LogP contribution < -0.4 is 9.47 Å². The number of anilines is 2. The van der Waals surface area contributed by atoms with Gasteiger partial charge in [-0.25, -0.2) is 9.56 Å². The van der Waals surface area contributed by atoms with E-state index >= 15 is 0 Å².